The highest BCUT2D eigenvalue weighted by Crippen LogP contribution is 2.33. The van der Waals surface area contributed by atoms with E-state index in [0.717, 1.165) is 10.5 Å². The van der Waals surface area contributed by atoms with Crippen molar-refractivity contribution in [1.82, 2.24) is 4.90 Å². The van der Waals surface area contributed by atoms with Gasteiger partial charge < -0.3 is 9.47 Å². The van der Waals surface area contributed by atoms with Gasteiger partial charge >= 0.3 is 12.1 Å². The van der Waals surface area contributed by atoms with Crippen molar-refractivity contribution < 1.29 is 19.1 Å². The fourth-order valence-corrected chi connectivity index (χ4v) is 4.25. The lowest BCUT2D eigenvalue weighted by atomic mass is 10.2. The van der Waals surface area contributed by atoms with E-state index in [1.807, 2.05) is 60.7 Å². The second-order valence-corrected chi connectivity index (χ2v) is 7.62. The number of esters is 1. The van der Waals surface area contributed by atoms with Crippen LogP contribution in [0.4, 0.5) is 4.79 Å². The summed E-state index contributed by atoms with van der Waals surface area (Å²) >= 11 is 1.67. The van der Waals surface area contributed by atoms with Crippen LogP contribution >= 0.6 is 11.8 Å². The zero-order valence-corrected chi connectivity index (χ0v) is 16.1. The fraction of sp³-hybridized carbons (Fsp3) is 0.333. The average molecular weight is 385 g/mol. The van der Waals surface area contributed by atoms with Gasteiger partial charge in [0.2, 0.25) is 0 Å². The van der Waals surface area contributed by atoms with Crippen LogP contribution in [-0.2, 0) is 20.9 Å². The van der Waals surface area contributed by atoms with Gasteiger partial charge in [0.1, 0.15) is 12.6 Å². The molecule has 1 amide bonds. The van der Waals surface area contributed by atoms with E-state index in [4.69, 9.17) is 9.47 Å². The Morgan fingerprint density at radius 1 is 1.04 bits per heavy atom. The molecule has 2 aromatic carbocycles. The Balaban J connectivity index is 1.65. The van der Waals surface area contributed by atoms with Gasteiger partial charge in [0.05, 0.1) is 6.61 Å². The van der Waals surface area contributed by atoms with Crippen LogP contribution in [0.1, 0.15) is 18.9 Å². The van der Waals surface area contributed by atoms with Gasteiger partial charge in [0.25, 0.3) is 0 Å². The van der Waals surface area contributed by atoms with Crippen LogP contribution in [0.5, 0.6) is 0 Å². The molecular weight excluding hydrogens is 362 g/mol. The van der Waals surface area contributed by atoms with Crippen molar-refractivity contribution >= 4 is 23.8 Å². The zero-order valence-electron chi connectivity index (χ0n) is 15.2. The van der Waals surface area contributed by atoms with Gasteiger partial charge in [0, 0.05) is 16.7 Å². The molecule has 1 aliphatic heterocycles. The summed E-state index contributed by atoms with van der Waals surface area (Å²) in [6.45, 7) is 2.69. The number of carbonyl (C=O) groups excluding carboxylic acids is 2. The summed E-state index contributed by atoms with van der Waals surface area (Å²) in [6, 6.07) is 18.9. The molecule has 27 heavy (non-hydrogen) atoms. The predicted molar refractivity (Wildman–Crippen MR) is 104 cm³/mol. The molecule has 0 bridgehead atoms. The topological polar surface area (TPSA) is 55.8 Å². The van der Waals surface area contributed by atoms with Crippen LogP contribution in [0.25, 0.3) is 0 Å². The Morgan fingerprint density at radius 3 is 2.37 bits per heavy atom. The van der Waals surface area contributed by atoms with Gasteiger partial charge in [-0.15, -0.1) is 11.8 Å². The molecule has 0 N–H and O–H groups in total. The summed E-state index contributed by atoms with van der Waals surface area (Å²) < 4.78 is 10.6. The van der Waals surface area contributed by atoms with E-state index in [9.17, 15) is 9.59 Å². The minimum absolute atomic E-state index is 0.117. The molecule has 1 saturated heterocycles. The maximum atomic E-state index is 12.6. The van der Waals surface area contributed by atoms with Gasteiger partial charge in [-0.05, 0) is 31.0 Å². The third kappa shape index (κ3) is 5.26. The molecule has 2 aromatic rings. The third-order valence-electron chi connectivity index (χ3n) is 4.31. The number of carbonyl (C=O) groups is 2. The first-order valence-corrected chi connectivity index (χ1v) is 9.91. The lowest BCUT2D eigenvalue weighted by Gasteiger charge is -2.22. The van der Waals surface area contributed by atoms with E-state index < -0.39 is 12.1 Å². The van der Waals surface area contributed by atoms with Crippen molar-refractivity contribution in [2.75, 3.05) is 13.2 Å². The van der Waals surface area contributed by atoms with E-state index in [1.165, 1.54) is 4.90 Å². The summed E-state index contributed by atoms with van der Waals surface area (Å²) in [4.78, 5) is 27.6. The molecule has 0 radical (unpaired) electrons. The van der Waals surface area contributed by atoms with Crippen LogP contribution in [0, 0.1) is 0 Å². The number of amides is 1. The van der Waals surface area contributed by atoms with E-state index in [2.05, 4.69) is 0 Å². The van der Waals surface area contributed by atoms with Crippen LogP contribution in [0.3, 0.4) is 0 Å². The highest BCUT2D eigenvalue weighted by atomic mass is 32.2. The summed E-state index contributed by atoms with van der Waals surface area (Å²) in [5, 5.41) is 0.117. The van der Waals surface area contributed by atoms with Crippen LogP contribution in [0.15, 0.2) is 65.6 Å². The van der Waals surface area contributed by atoms with Crippen molar-refractivity contribution in [3.8, 4) is 0 Å². The first-order chi connectivity index (χ1) is 13.2. The molecule has 0 aromatic heterocycles. The number of ether oxygens (including phenoxy) is 2. The Labute approximate surface area is 163 Å². The highest BCUT2D eigenvalue weighted by Gasteiger charge is 2.41. The normalized spacial score (nSPS) is 18.9. The third-order valence-corrected chi connectivity index (χ3v) is 5.53. The number of likely N-dealkylation sites (tertiary alicyclic amines) is 1. The molecule has 1 fully saturated rings. The van der Waals surface area contributed by atoms with Crippen LogP contribution in [0.2, 0.25) is 0 Å². The minimum atomic E-state index is -0.602. The molecule has 2 atom stereocenters. The first-order valence-electron chi connectivity index (χ1n) is 9.03. The molecular formula is C21H23NO4S. The smallest absolute Gasteiger partial charge is 0.410 e. The molecule has 6 heteroatoms. The molecule has 5 nitrogen and oxygen atoms in total. The molecule has 1 heterocycles. The Kier molecular flexibility index (Phi) is 6.76. The minimum Gasteiger partial charge on any atom is -0.464 e. The number of hydrogen-bond acceptors (Lipinski definition) is 5. The van der Waals surface area contributed by atoms with E-state index in [0.29, 0.717) is 19.6 Å². The quantitative estimate of drug-likeness (QED) is 0.700. The summed E-state index contributed by atoms with van der Waals surface area (Å²) in [6.07, 6.45) is 0.0758. The summed E-state index contributed by atoms with van der Waals surface area (Å²) in [5.41, 5.74) is 0.910. The van der Waals surface area contributed by atoms with Gasteiger partial charge in [-0.1, -0.05) is 48.5 Å². The van der Waals surface area contributed by atoms with Crippen molar-refractivity contribution in [2.45, 2.75) is 36.1 Å². The average Bonchev–Trinajstić information content (AvgIpc) is 3.12. The van der Waals surface area contributed by atoms with Gasteiger partial charge in [-0.25, -0.2) is 9.59 Å². The predicted octanol–water partition coefficient (Wildman–Crippen LogP) is 4.12. The second kappa shape index (κ2) is 9.46. The molecule has 142 valence electrons. The largest absolute Gasteiger partial charge is 0.464 e. The Bertz CT molecular complexity index is 753. The van der Waals surface area contributed by atoms with Crippen molar-refractivity contribution in [2.24, 2.45) is 0 Å². The number of thioether (sulfide) groups is 1. The molecule has 1 aliphatic rings. The molecule has 0 saturated carbocycles. The van der Waals surface area contributed by atoms with E-state index in [1.54, 1.807) is 18.7 Å². The number of nitrogens with zero attached hydrogens (tertiary/aromatic N) is 1. The first kappa shape index (κ1) is 19.3. The molecule has 0 aliphatic carbocycles. The van der Waals surface area contributed by atoms with E-state index in [-0.39, 0.29) is 17.8 Å². The fourth-order valence-electron chi connectivity index (χ4n) is 3.04. The summed E-state index contributed by atoms with van der Waals surface area (Å²) in [7, 11) is 0. The van der Waals surface area contributed by atoms with Gasteiger partial charge in [0.15, 0.2) is 0 Å². The number of hydrogen-bond donors (Lipinski definition) is 0. The van der Waals surface area contributed by atoms with Crippen LogP contribution < -0.4 is 0 Å². The lowest BCUT2D eigenvalue weighted by molar-refractivity contribution is -0.147. The van der Waals surface area contributed by atoms with Crippen molar-refractivity contribution in [3.05, 3.63) is 66.2 Å². The second-order valence-electron chi connectivity index (χ2n) is 6.25. The van der Waals surface area contributed by atoms with Crippen LogP contribution in [-0.4, -0.2) is 41.4 Å². The lowest BCUT2D eigenvalue weighted by Crippen LogP contribution is -2.41. The van der Waals surface area contributed by atoms with Gasteiger partial charge in [-0.3, -0.25) is 4.90 Å². The van der Waals surface area contributed by atoms with Gasteiger partial charge in [-0.2, -0.15) is 0 Å². The molecule has 0 unspecified atom stereocenters. The summed E-state index contributed by atoms with van der Waals surface area (Å²) in [5.74, 6) is -0.370. The Hall–Kier alpha value is -2.47. The number of rotatable bonds is 6. The SMILES string of the molecule is CCOC(=O)[C@H]1C[C@H](Sc2ccccc2)CN1C(=O)OCc1ccccc1. The Morgan fingerprint density at radius 2 is 1.70 bits per heavy atom. The van der Waals surface area contributed by atoms with Crippen molar-refractivity contribution in [3.63, 3.8) is 0 Å². The maximum Gasteiger partial charge on any atom is 0.410 e. The maximum absolute atomic E-state index is 12.6. The highest BCUT2D eigenvalue weighted by molar-refractivity contribution is 8.00. The molecule has 0 spiro atoms. The number of benzene rings is 2. The standard InChI is InChI=1S/C21H23NO4S/c1-2-25-20(23)19-13-18(27-17-11-7-4-8-12-17)14-22(19)21(24)26-15-16-9-5-3-6-10-16/h3-12,18-19H,2,13-15H2,1H3/t18-,19+/m0/s1. The zero-order chi connectivity index (χ0) is 19.1. The van der Waals surface area contributed by atoms with Crippen molar-refractivity contribution in [1.29, 1.82) is 0 Å². The monoisotopic (exact) mass is 385 g/mol. The molecule has 3 rings (SSSR count). The van der Waals surface area contributed by atoms with E-state index >= 15 is 0 Å².